The molecular weight excluding hydrogens is 254 g/mol. The molecule has 0 aromatic carbocycles. The van der Waals surface area contributed by atoms with E-state index in [2.05, 4.69) is 15.3 Å². The van der Waals surface area contributed by atoms with Crippen LogP contribution in [0.3, 0.4) is 0 Å². The van der Waals surface area contributed by atoms with E-state index >= 15 is 0 Å². The van der Waals surface area contributed by atoms with Crippen molar-refractivity contribution in [3.63, 3.8) is 0 Å². The van der Waals surface area contributed by atoms with Crippen molar-refractivity contribution in [3.8, 4) is 0 Å². The molecule has 0 aliphatic rings. The fourth-order valence-corrected chi connectivity index (χ4v) is 1.99. The van der Waals surface area contributed by atoms with E-state index in [4.69, 9.17) is 5.11 Å². The number of rotatable bonds is 3. The Morgan fingerprint density at radius 2 is 2.17 bits per heavy atom. The average Bonchev–Trinajstić information content (AvgIpc) is 2.74. The first-order valence-electron chi connectivity index (χ1n) is 5.00. The third-order valence-electron chi connectivity index (χ3n) is 2.09. The van der Waals surface area contributed by atoms with Crippen LogP contribution in [0.25, 0.3) is 0 Å². The number of aryl methyl sites for hydroxylation is 1. The summed E-state index contributed by atoms with van der Waals surface area (Å²) < 4.78 is 0. The van der Waals surface area contributed by atoms with Gasteiger partial charge in [-0.2, -0.15) is 0 Å². The molecule has 0 saturated heterocycles. The third-order valence-corrected chi connectivity index (χ3v) is 2.92. The normalized spacial score (nSPS) is 10.1. The summed E-state index contributed by atoms with van der Waals surface area (Å²) >= 11 is 1.31. The molecule has 0 radical (unpaired) electrons. The number of nitrogens with zero attached hydrogens (tertiary/aromatic N) is 2. The van der Waals surface area contributed by atoms with Crippen LogP contribution in [0.1, 0.15) is 25.7 Å². The lowest BCUT2D eigenvalue weighted by atomic mass is 10.2. The molecule has 0 saturated carbocycles. The molecule has 0 aliphatic heterocycles. The van der Waals surface area contributed by atoms with E-state index < -0.39 is 11.9 Å². The Bertz CT molecular complexity index is 609. The minimum absolute atomic E-state index is 0.127. The smallest absolute Gasteiger partial charge is 0.338 e. The van der Waals surface area contributed by atoms with Crippen LogP contribution >= 0.6 is 11.3 Å². The summed E-state index contributed by atoms with van der Waals surface area (Å²) in [5.41, 5.74) is -0.263. The molecule has 18 heavy (non-hydrogen) atoms. The first kappa shape index (κ1) is 12.2. The van der Waals surface area contributed by atoms with Gasteiger partial charge in [-0.1, -0.05) is 0 Å². The van der Waals surface area contributed by atoms with Crippen LogP contribution in [0.2, 0.25) is 0 Å². The van der Waals surface area contributed by atoms with E-state index in [9.17, 15) is 9.59 Å². The zero-order chi connectivity index (χ0) is 13.1. The van der Waals surface area contributed by atoms with Crippen molar-refractivity contribution in [1.82, 2.24) is 9.97 Å². The molecule has 2 aromatic rings. The quantitative estimate of drug-likeness (QED) is 0.880. The van der Waals surface area contributed by atoms with E-state index in [1.807, 2.05) is 6.92 Å². The van der Waals surface area contributed by atoms with Crippen molar-refractivity contribution in [2.45, 2.75) is 6.92 Å². The van der Waals surface area contributed by atoms with Gasteiger partial charge < -0.3 is 5.11 Å². The molecule has 0 bridgehead atoms. The van der Waals surface area contributed by atoms with Gasteiger partial charge in [0, 0.05) is 17.3 Å². The predicted molar refractivity (Wildman–Crippen MR) is 66.0 cm³/mol. The SMILES string of the molecule is Cc1cnc(NC(=O)c2ncccc2C(=O)O)s1. The summed E-state index contributed by atoms with van der Waals surface area (Å²) in [6, 6.07) is 2.80. The van der Waals surface area contributed by atoms with E-state index in [-0.39, 0.29) is 11.3 Å². The highest BCUT2D eigenvalue weighted by Crippen LogP contribution is 2.17. The van der Waals surface area contributed by atoms with Gasteiger partial charge in [0.15, 0.2) is 5.13 Å². The monoisotopic (exact) mass is 263 g/mol. The molecule has 6 nitrogen and oxygen atoms in total. The highest BCUT2D eigenvalue weighted by molar-refractivity contribution is 7.15. The number of pyridine rings is 1. The molecule has 0 spiro atoms. The molecule has 1 amide bonds. The zero-order valence-electron chi connectivity index (χ0n) is 9.38. The Morgan fingerprint density at radius 1 is 1.39 bits per heavy atom. The highest BCUT2D eigenvalue weighted by Gasteiger charge is 2.18. The Morgan fingerprint density at radius 3 is 2.78 bits per heavy atom. The maximum atomic E-state index is 11.9. The lowest BCUT2D eigenvalue weighted by Gasteiger charge is -2.03. The third kappa shape index (κ3) is 2.51. The van der Waals surface area contributed by atoms with Crippen molar-refractivity contribution >= 4 is 28.3 Å². The first-order chi connectivity index (χ1) is 8.58. The summed E-state index contributed by atoms with van der Waals surface area (Å²) in [6.45, 7) is 1.86. The number of thiazole rings is 1. The van der Waals surface area contributed by atoms with E-state index in [0.29, 0.717) is 5.13 Å². The van der Waals surface area contributed by atoms with Crippen LogP contribution in [0.5, 0.6) is 0 Å². The highest BCUT2D eigenvalue weighted by atomic mass is 32.1. The number of hydrogen-bond acceptors (Lipinski definition) is 5. The van der Waals surface area contributed by atoms with Crippen molar-refractivity contribution in [2.75, 3.05) is 5.32 Å². The topological polar surface area (TPSA) is 92.2 Å². The zero-order valence-corrected chi connectivity index (χ0v) is 10.2. The van der Waals surface area contributed by atoms with Crippen LogP contribution in [0.4, 0.5) is 5.13 Å². The second kappa shape index (κ2) is 4.92. The number of nitrogens with one attached hydrogen (secondary N) is 1. The minimum atomic E-state index is -1.19. The summed E-state index contributed by atoms with van der Waals surface area (Å²) in [5.74, 6) is -1.77. The fourth-order valence-electron chi connectivity index (χ4n) is 1.33. The number of hydrogen-bond donors (Lipinski definition) is 2. The molecular formula is C11H9N3O3S. The number of amides is 1. The number of aromatic nitrogens is 2. The van der Waals surface area contributed by atoms with Crippen molar-refractivity contribution < 1.29 is 14.7 Å². The Hall–Kier alpha value is -2.28. The first-order valence-corrected chi connectivity index (χ1v) is 5.81. The standard InChI is InChI=1S/C11H9N3O3S/c1-6-5-13-11(18-6)14-9(15)8-7(10(16)17)3-2-4-12-8/h2-5H,1H3,(H,16,17)(H,13,14,15). The average molecular weight is 263 g/mol. The van der Waals surface area contributed by atoms with Crippen molar-refractivity contribution in [1.29, 1.82) is 0 Å². The maximum absolute atomic E-state index is 11.9. The van der Waals surface area contributed by atoms with Gasteiger partial charge in [0.05, 0.1) is 5.56 Å². The van der Waals surface area contributed by atoms with Gasteiger partial charge in [-0.05, 0) is 19.1 Å². The molecule has 0 unspecified atom stereocenters. The molecule has 0 fully saturated rings. The summed E-state index contributed by atoms with van der Waals surface area (Å²) in [5, 5.41) is 11.9. The van der Waals surface area contributed by atoms with E-state index in [1.54, 1.807) is 6.20 Å². The Labute approximate surface area is 106 Å². The van der Waals surface area contributed by atoms with E-state index in [0.717, 1.165) is 4.88 Å². The van der Waals surface area contributed by atoms with Gasteiger partial charge in [-0.15, -0.1) is 11.3 Å². The number of carboxylic acid groups (broad SMARTS) is 1. The van der Waals surface area contributed by atoms with Crippen LogP contribution in [0.15, 0.2) is 24.5 Å². The molecule has 2 aromatic heterocycles. The maximum Gasteiger partial charge on any atom is 0.338 e. The fraction of sp³-hybridized carbons (Fsp3) is 0.0909. The van der Waals surface area contributed by atoms with Crippen LogP contribution < -0.4 is 5.32 Å². The predicted octanol–water partition coefficient (Wildman–Crippen LogP) is 1.80. The van der Waals surface area contributed by atoms with Gasteiger partial charge in [0.1, 0.15) is 5.69 Å². The molecule has 7 heteroatoms. The van der Waals surface area contributed by atoms with Gasteiger partial charge in [-0.3, -0.25) is 15.1 Å². The second-order valence-corrected chi connectivity index (χ2v) is 4.67. The lowest BCUT2D eigenvalue weighted by molar-refractivity contribution is 0.0691. The summed E-state index contributed by atoms with van der Waals surface area (Å²) in [4.78, 5) is 31.5. The van der Waals surface area contributed by atoms with Crippen molar-refractivity contribution in [2.24, 2.45) is 0 Å². The van der Waals surface area contributed by atoms with Gasteiger partial charge in [0.25, 0.3) is 5.91 Å². The van der Waals surface area contributed by atoms with Crippen LogP contribution in [-0.4, -0.2) is 27.0 Å². The largest absolute Gasteiger partial charge is 0.478 e. The molecule has 2 heterocycles. The summed E-state index contributed by atoms with van der Waals surface area (Å²) in [6.07, 6.45) is 2.99. The molecule has 2 rings (SSSR count). The number of carbonyl (C=O) groups is 2. The van der Waals surface area contributed by atoms with Crippen molar-refractivity contribution in [3.05, 3.63) is 40.7 Å². The van der Waals surface area contributed by atoms with Gasteiger partial charge >= 0.3 is 5.97 Å². The number of aromatic carboxylic acids is 1. The Balaban J connectivity index is 2.26. The molecule has 92 valence electrons. The Kier molecular flexibility index (Phi) is 3.33. The number of carboxylic acids is 1. The molecule has 0 aliphatic carbocycles. The second-order valence-electron chi connectivity index (χ2n) is 3.43. The lowest BCUT2D eigenvalue weighted by Crippen LogP contribution is -2.17. The minimum Gasteiger partial charge on any atom is -0.478 e. The van der Waals surface area contributed by atoms with Gasteiger partial charge in [-0.25, -0.2) is 9.78 Å². The van der Waals surface area contributed by atoms with Crippen LogP contribution in [0, 0.1) is 6.92 Å². The number of anilines is 1. The van der Waals surface area contributed by atoms with Crippen LogP contribution in [-0.2, 0) is 0 Å². The van der Waals surface area contributed by atoms with Gasteiger partial charge in [0.2, 0.25) is 0 Å². The number of carbonyl (C=O) groups excluding carboxylic acids is 1. The molecule has 2 N–H and O–H groups in total. The molecule has 0 atom stereocenters. The summed E-state index contributed by atoms with van der Waals surface area (Å²) in [7, 11) is 0. The van der Waals surface area contributed by atoms with E-state index in [1.165, 1.54) is 29.7 Å².